The lowest BCUT2D eigenvalue weighted by Crippen LogP contribution is -2.56. The van der Waals surface area contributed by atoms with Crippen LogP contribution in [0, 0.1) is 16.7 Å². The molecular formula is C34H36ClN5O4. The Morgan fingerprint density at radius 3 is 2.59 bits per heavy atom. The quantitative estimate of drug-likeness (QED) is 0.410. The number of nitrogens with zero attached hydrogens (tertiary/aromatic N) is 3. The van der Waals surface area contributed by atoms with Crippen LogP contribution in [0.3, 0.4) is 0 Å². The van der Waals surface area contributed by atoms with E-state index < -0.39 is 41.3 Å². The number of likely N-dealkylation sites (tertiary alicyclic amines) is 1. The van der Waals surface area contributed by atoms with Crippen LogP contribution >= 0.6 is 11.6 Å². The monoisotopic (exact) mass is 613 g/mol. The van der Waals surface area contributed by atoms with E-state index in [1.54, 1.807) is 44.3 Å². The number of carbonyl (C=O) groups is 4. The average Bonchev–Trinajstić information content (AvgIpc) is 3.51. The highest BCUT2D eigenvalue weighted by Crippen LogP contribution is 2.46. The van der Waals surface area contributed by atoms with E-state index in [1.165, 1.54) is 9.80 Å². The van der Waals surface area contributed by atoms with Crippen molar-refractivity contribution in [1.82, 2.24) is 15.1 Å². The molecule has 10 heteroatoms. The molecule has 0 aliphatic carbocycles. The van der Waals surface area contributed by atoms with Gasteiger partial charge in [0.2, 0.25) is 17.7 Å². The molecule has 228 valence electrons. The largest absolute Gasteiger partial charge is 0.341 e. The predicted molar refractivity (Wildman–Crippen MR) is 169 cm³/mol. The number of amides is 4. The number of fused-ring (bicyclic) bond motifs is 3. The minimum Gasteiger partial charge on any atom is -0.341 e. The molecule has 2 aliphatic heterocycles. The van der Waals surface area contributed by atoms with Crippen molar-refractivity contribution >= 4 is 51.7 Å². The van der Waals surface area contributed by atoms with Crippen molar-refractivity contribution in [3.05, 3.63) is 76.8 Å². The number of carbonyl (C=O) groups excluding carboxylic acids is 4. The Morgan fingerprint density at radius 1 is 1.16 bits per heavy atom. The van der Waals surface area contributed by atoms with E-state index in [1.807, 2.05) is 51.1 Å². The second-order valence-electron chi connectivity index (χ2n) is 13.0. The normalized spacial score (nSPS) is 20.5. The van der Waals surface area contributed by atoms with Gasteiger partial charge < -0.3 is 20.4 Å². The first kappa shape index (κ1) is 31.0. The Balaban J connectivity index is 1.38. The van der Waals surface area contributed by atoms with Crippen molar-refractivity contribution in [2.75, 3.05) is 18.9 Å². The molecule has 0 bridgehead atoms. The van der Waals surface area contributed by atoms with Gasteiger partial charge in [0, 0.05) is 36.3 Å². The summed E-state index contributed by atoms with van der Waals surface area (Å²) in [5.41, 5.74) is 0.455. The molecule has 2 aliphatic rings. The molecule has 44 heavy (non-hydrogen) atoms. The number of anilines is 1. The van der Waals surface area contributed by atoms with E-state index in [2.05, 4.69) is 16.7 Å². The van der Waals surface area contributed by atoms with Crippen molar-refractivity contribution in [3.63, 3.8) is 0 Å². The molecule has 0 unspecified atom stereocenters. The van der Waals surface area contributed by atoms with Gasteiger partial charge in [0.15, 0.2) is 0 Å². The number of nitriles is 1. The molecule has 0 radical (unpaired) electrons. The van der Waals surface area contributed by atoms with Crippen LogP contribution in [-0.2, 0) is 19.8 Å². The molecular weight excluding hydrogens is 578 g/mol. The van der Waals surface area contributed by atoms with E-state index in [-0.39, 0.29) is 24.3 Å². The zero-order valence-electron chi connectivity index (χ0n) is 25.5. The number of hydrogen-bond acceptors (Lipinski definition) is 5. The molecule has 3 aromatic carbocycles. The zero-order valence-corrected chi connectivity index (χ0v) is 26.2. The van der Waals surface area contributed by atoms with E-state index in [9.17, 15) is 24.4 Å². The Kier molecular flexibility index (Phi) is 8.17. The summed E-state index contributed by atoms with van der Waals surface area (Å²) in [7, 11) is 1.55. The highest BCUT2D eigenvalue weighted by Gasteiger charge is 2.57. The highest BCUT2D eigenvalue weighted by molar-refractivity contribution is 6.31. The molecule has 1 saturated heterocycles. The summed E-state index contributed by atoms with van der Waals surface area (Å²) in [6.45, 7) is 7.53. The van der Waals surface area contributed by atoms with Crippen molar-refractivity contribution in [2.24, 2.45) is 5.41 Å². The molecule has 4 atom stereocenters. The number of benzene rings is 3. The smallest absolute Gasteiger partial charge is 0.252 e. The van der Waals surface area contributed by atoms with Gasteiger partial charge in [0.25, 0.3) is 5.91 Å². The Morgan fingerprint density at radius 2 is 1.89 bits per heavy atom. The van der Waals surface area contributed by atoms with Gasteiger partial charge in [-0.05, 0) is 59.4 Å². The van der Waals surface area contributed by atoms with E-state index in [4.69, 9.17) is 11.6 Å². The first-order valence-corrected chi connectivity index (χ1v) is 15.0. The summed E-state index contributed by atoms with van der Waals surface area (Å²) in [5, 5.41) is 17.8. The number of hydrogen-bond donors (Lipinski definition) is 2. The molecule has 1 fully saturated rings. The third-order valence-electron chi connectivity index (χ3n) is 8.63. The van der Waals surface area contributed by atoms with Crippen LogP contribution in [0.2, 0.25) is 5.02 Å². The Labute approximate surface area is 262 Å². The van der Waals surface area contributed by atoms with Gasteiger partial charge in [-0.2, -0.15) is 5.26 Å². The standard InChI is InChI=1S/C34H36ClN5O4/c1-20(37-29(41)25-10-8-9-21-15-22(35)13-14-24(21)25)30(42)39(5)28(17-33(2,3)4)31(43)40-19-34(16-23(40)18-36)26-11-6-7-12-27(26)38-32(34)44/h6-15,20,23,28H,16-17,19H2,1-5H3,(H,37,41)(H,38,44)/t20-,23-,28-,34-/m0/s1. The maximum atomic E-state index is 14.3. The lowest BCUT2D eigenvalue weighted by Gasteiger charge is -2.36. The van der Waals surface area contributed by atoms with E-state index in [0.717, 1.165) is 10.9 Å². The molecule has 4 amide bonds. The van der Waals surface area contributed by atoms with Gasteiger partial charge in [-0.15, -0.1) is 0 Å². The topological polar surface area (TPSA) is 123 Å². The molecule has 0 saturated carbocycles. The first-order valence-electron chi connectivity index (χ1n) is 14.6. The minimum absolute atomic E-state index is 0.0347. The maximum absolute atomic E-state index is 14.3. The lowest BCUT2D eigenvalue weighted by atomic mass is 9.80. The Bertz CT molecular complexity index is 1710. The fourth-order valence-electron chi connectivity index (χ4n) is 6.40. The molecule has 9 nitrogen and oxygen atoms in total. The van der Waals surface area contributed by atoms with Crippen molar-refractivity contribution < 1.29 is 19.2 Å². The number of halogens is 1. The SMILES string of the molecule is C[C@H](NC(=O)c1cccc2cc(Cl)ccc12)C(=O)N(C)[C@@H](CC(C)(C)C)C(=O)N1C[C@]2(C[C@H]1C#N)C(=O)Nc1ccccc12. The van der Waals surface area contributed by atoms with Gasteiger partial charge in [0.05, 0.1) is 11.5 Å². The zero-order chi connectivity index (χ0) is 32.0. The summed E-state index contributed by atoms with van der Waals surface area (Å²) in [6, 6.07) is 17.4. The van der Waals surface area contributed by atoms with Crippen LogP contribution in [0.15, 0.2) is 60.7 Å². The number of likely N-dealkylation sites (N-methyl/N-ethyl adjacent to an activating group) is 1. The summed E-state index contributed by atoms with van der Waals surface area (Å²) in [5.74, 6) is -1.52. The van der Waals surface area contributed by atoms with Crippen LogP contribution in [0.1, 0.15) is 56.5 Å². The van der Waals surface area contributed by atoms with Crippen LogP contribution in [0.4, 0.5) is 5.69 Å². The maximum Gasteiger partial charge on any atom is 0.252 e. The molecule has 2 N–H and O–H groups in total. The second kappa shape index (κ2) is 11.6. The Hall–Kier alpha value is -4.42. The highest BCUT2D eigenvalue weighted by atomic mass is 35.5. The van der Waals surface area contributed by atoms with Gasteiger partial charge in [-0.25, -0.2) is 0 Å². The summed E-state index contributed by atoms with van der Waals surface area (Å²) >= 11 is 6.12. The van der Waals surface area contributed by atoms with Crippen molar-refractivity contribution in [3.8, 4) is 6.07 Å². The van der Waals surface area contributed by atoms with Gasteiger partial charge in [0.1, 0.15) is 18.1 Å². The summed E-state index contributed by atoms with van der Waals surface area (Å²) < 4.78 is 0. The van der Waals surface area contributed by atoms with Gasteiger partial charge >= 0.3 is 0 Å². The third kappa shape index (κ3) is 5.62. The second-order valence-corrected chi connectivity index (χ2v) is 13.4. The predicted octanol–water partition coefficient (Wildman–Crippen LogP) is 4.89. The molecule has 2 heterocycles. The fraction of sp³-hybridized carbons (Fsp3) is 0.382. The average molecular weight is 614 g/mol. The van der Waals surface area contributed by atoms with Gasteiger partial charge in [-0.1, -0.05) is 68.8 Å². The van der Waals surface area contributed by atoms with E-state index >= 15 is 0 Å². The molecule has 5 rings (SSSR count). The van der Waals surface area contributed by atoms with Crippen molar-refractivity contribution in [1.29, 1.82) is 5.26 Å². The van der Waals surface area contributed by atoms with Crippen LogP contribution < -0.4 is 10.6 Å². The molecule has 1 spiro atoms. The lowest BCUT2D eigenvalue weighted by molar-refractivity contribution is -0.146. The van der Waals surface area contributed by atoms with Crippen LogP contribution in [0.25, 0.3) is 10.8 Å². The number of para-hydroxylation sites is 1. The third-order valence-corrected chi connectivity index (χ3v) is 8.86. The summed E-state index contributed by atoms with van der Waals surface area (Å²) in [6.07, 6.45) is 0.476. The van der Waals surface area contributed by atoms with Gasteiger partial charge in [-0.3, -0.25) is 19.2 Å². The minimum atomic E-state index is -1.04. The molecule has 0 aromatic heterocycles. The van der Waals surface area contributed by atoms with Crippen molar-refractivity contribution in [2.45, 2.75) is 64.1 Å². The van der Waals surface area contributed by atoms with E-state index in [0.29, 0.717) is 28.1 Å². The molecule has 3 aromatic rings. The fourth-order valence-corrected chi connectivity index (χ4v) is 6.58. The number of rotatable bonds is 6. The number of nitrogens with one attached hydrogen (secondary N) is 2. The van der Waals surface area contributed by atoms with Crippen LogP contribution in [-0.4, -0.2) is 65.1 Å². The van der Waals surface area contributed by atoms with Crippen LogP contribution in [0.5, 0.6) is 0 Å². The first-order chi connectivity index (χ1) is 20.8. The summed E-state index contributed by atoms with van der Waals surface area (Å²) in [4.78, 5) is 57.5.